The van der Waals surface area contributed by atoms with Gasteiger partial charge in [0.15, 0.2) is 11.4 Å². The molecule has 3 heterocycles. The predicted octanol–water partition coefficient (Wildman–Crippen LogP) is -0.409. The van der Waals surface area contributed by atoms with Crippen molar-refractivity contribution in [2.24, 2.45) is 17.1 Å². The number of aliphatic hydroxyl groups excluding tert-OH is 1. The van der Waals surface area contributed by atoms with Gasteiger partial charge in [0.05, 0.1) is 19.8 Å². The van der Waals surface area contributed by atoms with Gasteiger partial charge in [-0.15, -0.1) is 0 Å². The van der Waals surface area contributed by atoms with E-state index in [1.165, 1.54) is 0 Å². The van der Waals surface area contributed by atoms with Crippen LogP contribution in [0.25, 0.3) is 0 Å². The number of carboxylic acids is 1. The molecule has 0 radical (unpaired) electrons. The molecule has 2 aliphatic heterocycles. The number of ether oxygens (including phenoxy) is 2. The molecular weight excluding hydrogens is 342 g/mol. The van der Waals surface area contributed by atoms with Gasteiger partial charge in [-0.05, 0) is 12.1 Å². The van der Waals surface area contributed by atoms with E-state index in [0.29, 0.717) is 50.9 Å². The van der Waals surface area contributed by atoms with E-state index in [9.17, 15) is 9.90 Å². The molecule has 144 valence electrons. The van der Waals surface area contributed by atoms with Crippen LogP contribution in [0, 0.1) is 11.3 Å². The molecule has 0 aliphatic carbocycles. The van der Waals surface area contributed by atoms with Gasteiger partial charge in [-0.3, -0.25) is 9.59 Å². The molecule has 4 N–H and O–H groups in total. The van der Waals surface area contributed by atoms with E-state index in [1.807, 2.05) is 0 Å². The molecule has 2 saturated heterocycles. The third-order valence-corrected chi connectivity index (χ3v) is 4.47. The molecule has 3 rings (SSSR count). The van der Waals surface area contributed by atoms with Gasteiger partial charge in [0, 0.05) is 44.1 Å². The van der Waals surface area contributed by atoms with Crippen LogP contribution in [0.1, 0.15) is 17.4 Å². The molecule has 1 aromatic rings. The van der Waals surface area contributed by atoms with Gasteiger partial charge in [-0.1, -0.05) is 0 Å². The van der Waals surface area contributed by atoms with Crippen LogP contribution >= 0.6 is 0 Å². The molecule has 0 unspecified atom stereocenters. The Morgan fingerprint density at radius 1 is 1.54 bits per heavy atom. The quantitative estimate of drug-likeness (QED) is 0.639. The highest BCUT2D eigenvalue weighted by atomic mass is 16.5. The van der Waals surface area contributed by atoms with Crippen molar-refractivity contribution < 1.29 is 29.3 Å². The van der Waals surface area contributed by atoms with Crippen molar-refractivity contribution in [2.75, 3.05) is 46.1 Å². The number of likely N-dealkylation sites (tertiary alicyclic amines) is 1. The second kappa shape index (κ2) is 8.93. The highest BCUT2D eigenvalue weighted by molar-refractivity contribution is 5.95. The van der Waals surface area contributed by atoms with E-state index in [2.05, 4.69) is 4.98 Å². The Balaban J connectivity index is 0.000000552. The Morgan fingerprint density at radius 2 is 2.27 bits per heavy atom. The lowest BCUT2D eigenvalue weighted by Crippen LogP contribution is -2.36. The number of aliphatic carboxylic acids is 1. The summed E-state index contributed by atoms with van der Waals surface area (Å²) in [6.45, 7) is 3.97. The molecule has 9 nitrogen and oxygen atoms in total. The molecule has 0 saturated carbocycles. The van der Waals surface area contributed by atoms with Gasteiger partial charge >= 0.3 is 0 Å². The summed E-state index contributed by atoms with van der Waals surface area (Å²) >= 11 is 0. The standard InChI is InChI=1S/C15H21N3O4.C2H4O2/c16-3-5-22-12-2-1-4-17-13(12)14(20)18-6-11-7-21-10-15(11,8-18)9-19;1-2(3)4/h1-2,4,11,19H,3,5-10,16H2;1H3,(H,3,4)/t11-,15-;/m0./s1. The third-order valence-electron chi connectivity index (χ3n) is 4.47. The molecule has 2 fully saturated rings. The number of carbonyl (C=O) groups excluding carboxylic acids is 1. The van der Waals surface area contributed by atoms with Crippen molar-refractivity contribution in [2.45, 2.75) is 6.92 Å². The zero-order chi connectivity index (χ0) is 19.2. The zero-order valence-corrected chi connectivity index (χ0v) is 14.8. The first-order chi connectivity index (χ1) is 12.4. The molecule has 9 heteroatoms. The summed E-state index contributed by atoms with van der Waals surface area (Å²) in [7, 11) is 0. The fourth-order valence-electron chi connectivity index (χ4n) is 3.20. The van der Waals surface area contributed by atoms with Crippen LogP contribution in [0.4, 0.5) is 0 Å². The number of carbonyl (C=O) groups is 2. The SMILES string of the molecule is CC(=O)O.NCCOc1cccnc1C(=O)N1C[C@H]2COC[C@@]2(CO)C1. The van der Waals surface area contributed by atoms with Crippen LogP contribution in [0.3, 0.4) is 0 Å². The summed E-state index contributed by atoms with van der Waals surface area (Å²) in [6, 6.07) is 3.45. The van der Waals surface area contributed by atoms with E-state index in [-0.39, 0.29) is 23.8 Å². The van der Waals surface area contributed by atoms with Crippen molar-refractivity contribution in [1.29, 1.82) is 0 Å². The molecule has 1 amide bonds. The second-order valence-corrected chi connectivity index (χ2v) is 6.42. The minimum Gasteiger partial charge on any atom is -0.490 e. The Kier molecular flexibility index (Phi) is 6.90. The van der Waals surface area contributed by atoms with Crippen LogP contribution in [0.2, 0.25) is 0 Å². The van der Waals surface area contributed by atoms with Gasteiger partial charge in [0.1, 0.15) is 6.61 Å². The summed E-state index contributed by atoms with van der Waals surface area (Å²) < 4.78 is 11.0. The number of nitrogens with two attached hydrogens (primary N) is 1. The lowest BCUT2D eigenvalue weighted by atomic mass is 9.82. The van der Waals surface area contributed by atoms with Crippen molar-refractivity contribution >= 4 is 11.9 Å². The molecule has 2 aliphatic rings. The lowest BCUT2D eigenvalue weighted by molar-refractivity contribution is -0.134. The van der Waals surface area contributed by atoms with E-state index in [1.54, 1.807) is 23.2 Å². The van der Waals surface area contributed by atoms with Crippen LogP contribution in [-0.2, 0) is 9.53 Å². The van der Waals surface area contributed by atoms with E-state index < -0.39 is 5.97 Å². The van der Waals surface area contributed by atoms with Gasteiger partial charge in [-0.25, -0.2) is 4.98 Å². The highest BCUT2D eigenvalue weighted by Gasteiger charge is 2.51. The number of amides is 1. The normalized spacial score (nSPS) is 23.8. The van der Waals surface area contributed by atoms with E-state index in [4.69, 9.17) is 25.1 Å². The monoisotopic (exact) mass is 367 g/mol. The first-order valence-corrected chi connectivity index (χ1v) is 8.39. The number of carboxylic acid groups (broad SMARTS) is 1. The third kappa shape index (κ3) is 4.48. The van der Waals surface area contributed by atoms with Crippen molar-refractivity contribution in [3.05, 3.63) is 24.0 Å². The summed E-state index contributed by atoms with van der Waals surface area (Å²) in [5, 5.41) is 17.1. The van der Waals surface area contributed by atoms with Crippen molar-refractivity contribution in [1.82, 2.24) is 9.88 Å². The van der Waals surface area contributed by atoms with Crippen LogP contribution < -0.4 is 10.5 Å². The molecule has 2 atom stereocenters. The first kappa shape index (κ1) is 20.1. The minimum absolute atomic E-state index is 0.0280. The van der Waals surface area contributed by atoms with Crippen molar-refractivity contribution in [3.8, 4) is 5.75 Å². The second-order valence-electron chi connectivity index (χ2n) is 6.42. The summed E-state index contributed by atoms with van der Waals surface area (Å²) in [6.07, 6.45) is 1.57. The molecule has 0 aromatic carbocycles. The molecular formula is C17H25N3O6. The average molecular weight is 367 g/mol. The molecule has 0 bridgehead atoms. The maximum absolute atomic E-state index is 12.7. The van der Waals surface area contributed by atoms with Crippen LogP contribution in [-0.4, -0.2) is 78.0 Å². The fourth-order valence-corrected chi connectivity index (χ4v) is 3.20. The Hall–Kier alpha value is -2.23. The number of aromatic nitrogens is 1. The number of hydrogen-bond donors (Lipinski definition) is 3. The van der Waals surface area contributed by atoms with Gasteiger partial charge in [0.25, 0.3) is 11.9 Å². The minimum atomic E-state index is -0.833. The molecule has 26 heavy (non-hydrogen) atoms. The highest BCUT2D eigenvalue weighted by Crippen LogP contribution is 2.41. The predicted molar refractivity (Wildman–Crippen MR) is 91.8 cm³/mol. The fraction of sp³-hybridized carbons (Fsp3) is 0.588. The van der Waals surface area contributed by atoms with Gasteiger partial charge < -0.3 is 30.3 Å². The van der Waals surface area contributed by atoms with Crippen LogP contribution in [0.5, 0.6) is 5.75 Å². The number of nitrogens with zero attached hydrogens (tertiary/aromatic N) is 2. The molecule has 1 aromatic heterocycles. The number of hydrogen-bond acceptors (Lipinski definition) is 7. The average Bonchev–Trinajstić information content (AvgIpc) is 3.16. The Morgan fingerprint density at radius 3 is 2.88 bits per heavy atom. The largest absolute Gasteiger partial charge is 0.490 e. The number of pyridine rings is 1. The summed E-state index contributed by atoms with van der Waals surface area (Å²) in [5.41, 5.74) is 5.41. The Bertz CT molecular complexity index is 637. The summed E-state index contributed by atoms with van der Waals surface area (Å²) in [4.78, 5) is 27.7. The summed E-state index contributed by atoms with van der Waals surface area (Å²) in [5.74, 6) is -0.377. The topological polar surface area (TPSA) is 135 Å². The zero-order valence-electron chi connectivity index (χ0n) is 14.8. The lowest BCUT2D eigenvalue weighted by Gasteiger charge is -2.24. The van der Waals surface area contributed by atoms with Gasteiger partial charge in [-0.2, -0.15) is 0 Å². The smallest absolute Gasteiger partial charge is 0.300 e. The van der Waals surface area contributed by atoms with Crippen LogP contribution in [0.15, 0.2) is 18.3 Å². The van der Waals surface area contributed by atoms with Gasteiger partial charge in [0.2, 0.25) is 0 Å². The maximum Gasteiger partial charge on any atom is 0.300 e. The number of rotatable bonds is 5. The molecule has 0 spiro atoms. The van der Waals surface area contributed by atoms with E-state index in [0.717, 1.165) is 6.92 Å². The number of aliphatic hydroxyl groups is 1. The number of fused-ring (bicyclic) bond motifs is 1. The van der Waals surface area contributed by atoms with E-state index >= 15 is 0 Å². The Labute approximate surface area is 151 Å². The van der Waals surface area contributed by atoms with Crippen molar-refractivity contribution in [3.63, 3.8) is 0 Å². The first-order valence-electron chi connectivity index (χ1n) is 8.39. The maximum atomic E-state index is 12.7.